The van der Waals surface area contributed by atoms with Gasteiger partial charge in [0.1, 0.15) is 18.4 Å². The van der Waals surface area contributed by atoms with Crippen molar-refractivity contribution >= 4 is 45.1 Å². The van der Waals surface area contributed by atoms with Gasteiger partial charge in [-0.3, -0.25) is 0 Å². The molecule has 0 aliphatic carbocycles. The zero-order valence-corrected chi connectivity index (χ0v) is 30.8. The first-order chi connectivity index (χ1) is 20.1. The van der Waals surface area contributed by atoms with E-state index in [9.17, 15) is 5.26 Å². The second-order valence-corrected chi connectivity index (χ2v) is 19.1. The molecule has 230 valence electrons. The smallest absolute Gasteiger partial charge is 0.247 e. The van der Waals surface area contributed by atoms with Gasteiger partial charge in [0.05, 0.1) is 16.7 Å². The summed E-state index contributed by atoms with van der Waals surface area (Å²) in [5.41, 5.74) is 3.50. The molecule has 0 unspecified atom stereocenters. The molecule has 0 amide bonds. The van der Waals surface area contributed by atoms with Crippen LogP contribution in [0.15, 0.2) is 40.8 Å². The summed E-state index contributed by atoms with van der Waals surface area (Å²) in [6.07, 6.45) is -0.643. The average Bonchev–Trinajstić information content (AvgIpc) is 3.43. The molecule has 0 aliphatic heterocycles. The standard InChI is InChI=1S/C31H43ClN4O4Si3/c1-19-24(17-14-22(18-33)25(19)32)34-26(20(2)40-43(10,11)30(3,4)5)28-36-35-27(37-28)21-12-15-23(16-13-21)31(6,7)29(38-41-8)39-42-9/h12-17,20,26,29,34H,1-11H3/t20-,26+/m0/s1. The van der Waals surface area contributed by atoms with Crippen LogP contribution < -0.4 is 5.32 Å². The molecule has 4 radical (unpaired) electrons. The Morgan fingerprint density at radius 1 is 1.00 bits per heavy atom. The minimum Gasteiger partial charge on any atom is -0.418 e. The van der Waals surface area contributed by atoms with Gasteiger partial charge in [0.2, 0.25) is 31.3 Å². The summed E-state index contributed by atoms with van der Waals surface area (Å²) in [6, 6.07) is 13.3. The Morgan fingerprint density at radius 2 is 1.60 bits per heavy atom. The van der Waals surface area contributed by atoms with Crippen molar-refractivity contribution in [2.45, 2.75) is 104 Å². The first kappa shape index (κ1) is 35.2. The fourth-order valence-electron chi connectivity index (χ4n) is 4.37. The highest BCUT2D eigenvalue weighted by molar-refractivity contribution is 6.74. The summed E-state index contributed by atoms with van der Waals surface area (Å²) < 4.78 is 25.0. The zero-order valence-electron chi connectivity index (χ0n) is 27.0. The number of halogens is 1. The molecule has 2 aromatic carbocycles. The van der Waals surface area contributed by atoms with Crippen molar-refractivity contribution in [1.82, 2.24) is 10.2 Å². The van der Waals surface area contributed by atoms with Crippen molar-refractivity contribution in [2.75, 3.05) is 5.32 Å². The number of benzene rings is 2. The lowest BCUT2D eigenvalue weighted by molar-refractivity contribution is -0.0433. The van der Waals surface area contributed by atoms with Crippen LogP contribution in [0.3, 0.4) is 0 Å². The molecule has 1 heterocycles. The normalized spacial score (nSPS) is 14.0. The van der Waals surface area contributed by atoms with E-state index in [2.05, 4.69) is 81.4 Å². The quantitative estimate of drug-likeness (QED) is 0.146. The van der Waals surface area contributed by atoms with E-state index in [1.807, 2.05) is 45.1 Å². The van der Waals surface area contributed by atoms with Gasteiger partial charge >= 0.3 is 0 Å². The first-order valence-electron chi connectivity index (χ1n) is 14.3. The van der Waals surface area contributed by atoms with E-state index in [-0.39, 0.29) is 22.8 Å². The summed E-state index contributed by atoms with van der Waals surface area (Å²) in [6.45, 7) is 23.2. The Hall–Kier alpha value is -2.31. The average molecular weight is 655 g/mol. The molecule has 0 bridgehead atoms. The van der Waals surface area contributed by atoms with E-state index in [0.29, 0.717) is 41.9 Å². The molecule has 0 fully saturated rings. The lowest BCUT2D eigenvalue weighted by Crippen LogP contribution is -2.45. The third-order valence-electron chi connectivity index (χ3n) is 8.20. The van der Waals surface area contributed by atoms with Gasteiger partial charge in [0, 0.05) is 16.7 Å². The van der Waals surface area contributed by atoms with Gasteiger partial charge in [0.15, 0.2) is 8.32 Å². The largest absolute Gasteiger partial charge is 0.418 e. The zero-order chi connectivity index (χ0) is 32.2. The van der Waals surface area contributed by atoms with E-state index in [4.69, 9.17) is 29.3 Å². The molecule has 43 heavy (non-hydrogen) atoms. The second kappa shape index (κ2) is 14.2. The number of anilines is 1. The van der Waals surface area contributed by atoms with Crippen LogP contribution in [0.25, 0.3) is 11.5 Å². The number of hydrogen-bond acceptors (Lipinski definition) is 8. The maximum Gasteiger partial charge on any atom is 0.247 e. The topological polar surface area (TPSA) is 102 Å². The lowest BCUT2D eigenvalue weighted by atomic mass is 9.83. The highest BCUT2D eigenvalue weighted by atomic mass is 35.5. The van der Waals surface area contributed by atoms with Crippen LogP contribution in [0.1, 0.15) is 70.2 Å². The molecule has 8 nitrogen and oxygen atoms in total. The number of rotatable bonds is 13. The fourth-order valence-corrected chi connectivity index (χ4v) is 7.21. The maximum atomic E-state index is 9.42. The number of aromatic nitrogens is 2. The number of nitriles is 1. The van der Waals surface area contributed by atoms with Gasteiger partial charge in [-0.15, -0.1) is 10.2 Å². The van der Waals surface area contributed by atoms with Crippen molar-refractivity contribution in [2.24, 2.45) is 0 Å². The van der Waals surface area contributed by atoms with Crippen molar-refractivity contribution in [1.29, 1.82) is 5.26 Å². The first-order valence-corrected chi connectivity index (χ1v) is 20.4. The third kappa shape index (κ3) is 8.05. The van der Waals surface area contributed by atoms with E-state index >= 15 is 0 Å². The highest BCUT2D eigenvalue weighted by Gasteiger charge is 2.41. The van der Waals surface area contributed by atoms with Crippen LogP contribution >= 0.6 is 11.6 Å². The molecule has 0 saturated carbocycles. The predicted molar refractivity (Wildman–Crippen MR) is 177 cm³/mol. The number of nitrogens with zero attached hydrogens (tertiary/aromatic N) is 3. The van der Waals surface area contributed by atoms with Crippen LogP contribution in [0.2, 0.25) is 36.2 Å². The van der Waals surface area contributed by atoms with Crippen LogP contribution in [0.5, 0.6) is 0 Å². The van der Waals surface area contributed by atoms with E-state index < -0.39 is 14.4 Å². The molecule has 2 atom stereocenters. The van der Waals surface area contributed by atoms with Crippen molar-refractivity contribution < 1.29 is 17.7 Å². The van der Waals surface area contributed by atoms with Crippen molar-refractivity contribution in [3.05, 3.63) is 64.0 Å². The number of nitrogens with one attached hydrogen (secondary N) is 1. The predicted octanol–water partition coefficient (Wildman–Crippen LogP) is 8.11. The Labute approximate surface area is 267 Å². The Bertz CT molecular complexity index is 1410. The summed E-state index contributed by atoms with van der Waals surface area (Å²) >= 11 is 6.50. The van der Waals surface area contributed by atoms with Gasteiger partial charge in [0.25, 0.3) is 0 Å². The van der Waals surface area contributed by atoms with Gasteiger partial charge in [-0.1, -0.05) is 58.4 Å². The van der Waals surface area contributed by atoms with Crippen molar-refractivity contribution in [3.8, 4) is 17.5 Å². The van der Waals surface area contributed by atoms with Gasteiger partial charge < -0.3 is 23.0 Å². The molecule has 3 rings (SSSR count). The monoisotopic (exact) mass is 654 g/mol. The Morgan fingerprint density at radius 3 is 2.14 bits per heavy atom. The molecule has 12 heteroatoms. The van der Waals surface area contributed by atoms with Crippen LogP contribution in [-0.2, 0) is 18.7 Å². The molecule has 1 N–H and O–H groups in total. The Kier molecular flexibility index (Phi) is 11.6. The summed E-state index contributed by atoms with van der Waals surface area (Å²) in [5, 5.41) is 22.3. The molecule has 0 spiro atoms. The third-order valence-corrected chi connectivity index (χ3v) is 14.2. The van der Waals surface area contributed by atoms with E-state index in [0.717, 1.165) is 22.4 Å². The molecular weight excluding hydrogens is 612 g/mol. The minimum atomic E-state index is -2.14. The van der Waals surface area contributed by atoms with Gasteiger partial charge in [-0.2, -0.15) is 5.26 Å². The van der Waals surface area contributed by atoms with Crippen molar-refractivity contribution in [3.63, 3.8) is 0 Å². The molecular formula is C31H43ClN4O4Si3. The molecule has 3 aromatic rings. The minimum absolute atomic E-state index is 0.0131. The second-order valence-electron chi connectivity index (χ2n) is 12.6. The van der Waals surface area contributed by atoms with Gasteiger partial charge in [-0.25, -0.2) is 0 Å². The summed E-state index contributed by atoms with van der Waals surface area (Å²) in [7, 11) is -1.48. The summed E-state index contributed by atoms with van der Waals surface area (Å²) in [5.74, 6) is 0.814. The van der Waals surface area contributed by atoms with Gasteiger partial charge in [-0.05, 0) is 80.5 Å². The lowest BCUT2D eigenvalue weighted by Gasteiger charge is -2.40. The fraction of sp³-hybridized carbons (Fsp3) is 0.516. The summed E-state index contributed by atoms with van der Waals surface area (Å²) in [4.78, 5) is 0. The van der Waals surface area contributed by atoms with Crippen LogP contribution in [0.4, 0.5) is 5.69 Å². The molecule has 0 saturated heterocycles. The molecule has 0 aliphatic rings. The molecule has 1 aromatic heterocycles. The van der Waals surface area contributed by atoms with E-state index in [1.54, 1.807) is 6.07 Å². The van der Waals surface area contributed by atoms with E-state index in [1.165, 1.54) is 0 Å². The Balaban J connectivity index is 1.97. The maximum absolute atomic E-state index is 9.42. The number of hydrogen-bond donors (Lipinski definition) is 1. The highest BCUT2D eigenvalue weighted by Crippen LogP contribution is 2.40. The van der Waals surface area contributed by atoms with Crippen LogP contribution in [-0.4, -0.2) is 50.4 Å². The SMILES string of the molecule is C[Si]OC(O[Si]C)C(C)(C)c1ccc(-c2nnc([C@H](Nc3ccc(C#N)c(Cl)c3C)[C@H](C)O[Si](C)(C)C(C)(C)C)o2)cc1. The van der Waals surface area contributed by atoms with Crippen LogP contribution in [0, 0.1) is 18.3 Å².